The lowest BCUT2D eigenvalue weighted by molar-refractivity contribution is -0.188. The van der Waals surface area contributed by atoms with E-state index in [9.17, 15) is 27.2 Å². The quantitative estimate of drug-likeness (QED) is 0.116. The fourth-order valence-corrected chi connectivity index (χ4v) is 3.53. The van der Waals surface area contributed by atoms with Gasteiger partial charge in [-0.15, -0.1) is 0 Å². The maximum absolute atomic E-state index is 15.0. The molecule has 0 aromatic heterocycles. The molecule has 0 saturated carbocycles. The highest BCUT2D eigenvalue weighted by molar-refractivity contribution is 5.87. The van der Waals surface area contributed by atoms with Crippen LogP contribution >= 0.6 is 0 Å². The van der Waals surface area contributed by atoms with Crippen LogP contribution in [0.15, 0.2) is 91.0 Å². The minimum Gasteiger partial charge on any atom is -0.457 e. The van der Waals surface area contributed by atoms with Gasteiger partial charge in [-0.25, -0.2) is 9.59 Å². The van der Waals surface area contributed by atoms with Gasteiger partial charge in [0.1, 0.15) is 24.7 Å². The lowest BCUT2D eigenvalue weighted by Gasteiger charge is -2.22. The number of alkyl halides is 4. The largest absolute Gasteiger partial charge is 0.457 e. The Morgan fingerprint density at radius 1 is 0.690 bits per heavy atom. The van der Waals surface area contributed by atoms with Crippen LogP contribution in [0.1, 0.15) is 48.6 Å². The molecule has 222 valence electrons. The zero-order valence-electron chi connectivity index (χ0n) is 23.3. The van der Waals surface area contributed by atoms with Crippen molar-refractivity contribution in [1.82, 2.24) is 0 Å². The fraction of sp³-hybridized carbons (Fsp3) is 0.250. The average Bonchev–Trinajstić information content (AvgIpc) is 2.95. The maximum Gasteiger partial charge on any atom is 0.426 e. The van der Waals surface area contributed by atoms with Gasteiger partial charge >= 0.3 is 24.2 Å². The van der Waals surface area contributed by atoms with Crippen LogP contribution in [0.3, 0.4) is 0 Å². The molecule has 0 bridgehead atoms. The monoisotopic (exact) mass is 586 g/mol. The number of hydrogen-bond acceptors (Lipinski definition) is 6. The summed E-state index contributed by atoms with van der Waals surface area (Å²) in [6, 6.07) is 13.5. The highest BCUT2D eigenvalue weighted by atomic mass is 19.3. The smallest absolute Gasteiger partial charge is 0.426 e. The minimum atomic E-state index is -3.75. The number of aryl methyl sites for hydroxylation is 1. The Labute approximate surface area is 241 Å². The summed E-state index contributed by atoms with van der Waals surface area (Å²) in [4.78, 5) is 23.0. The van der Waals surface area contributed by atoms with Crippen molar-refractivity contribution in [2.24, 2.45) is 0 Å². The van der Waals surface area contributed by atoms with Crippen molar-refractivity contribution in [3.63, 3.8) is 0 Å². The van der Waals surface area contributed by atoms with E-state index in [2.05, 4.69) is 13.2 Å². The molecule has 3 aromatic rings. The number of benzene rings is 3. The zero-order chi connectivity index (χ0) is 31.1. The number of carbonyl (C=O) groups excluding carboxylic acids is 2. The molecule has 0 aliphatic rings. The summed E-state index contributed by atoms with van der Waals surface area (Å²) in [5.74, 6) is -1.64. The van der Waals surface area contributed by atoms with Crippen molar-refractivity contribution >= 4 is 11.9 Å². The molecule has 0 spiro atoms. The Morgan fingerprint density at radius 2 is 1.12 bits per heavy atom. The number of ether oxygens (including phenoxy) is 4. The van der Waals surface area contributed by atoms with E-state index in [1.807, 2.05) is 0 Å². The molecule has 0 heterocycles. The van der Waals surface area contributed by atoms with E-state index in [0.29, 0.717) is 11.1 Å². The third kappa shape index (κ3) is 8.45. The van der Waals surface area contributed by atoms with E-state index >= 15 is 0 Å². The van der Waals surface area contributed by atoms with Gasteiger partial charge in [0.2, 0.25) is 0 Å². The van der Waals surface area contributed by atoms with E-state index in [1.54, 1.807) is 6.92 Å². The first-order valence-electron chi connectivity index (χ1n) is 12.8. The van der Waals surface area contributed by atoms with E-state index in [0.717, 1.165) is 36.4 Å². The molecular weight excluding hydrogens is 556 g/mol. The summed E-state index contributed by atoms with van der Waals surface area (Å²) in [5, 5.41) is 0. The van der Waals surface area contributed by atoms with Crippen molar-refractivity contribution < 1.29 is 46.1 Å². The first kappa shape index (κ1) is 31.9. The van der Waals surface area contributed by atoms with Crippen LogP contribution in [-0.4, -0.2) is 11.9 Å². The minimum absolute atomic E-state index is 0.112. The topological polar surface area (TPSA) is 71.1 Å². The molecule has 0 fully saturated rings. The van der Waals surface area contributed by atoms with Crippen LogP contribution in [0.5, 0.6) is 11.5 Å². The first-order chi connectivity index (χ1) is 19.7. The van der Waals surface area contributed by atoms with Crippen molar-refractivity contribution in [3.05, 3.63) is 119 Å². The standard InChI is InChI=1S/C32H30F4O6/c1-6-24-17-27(41-31(33,34)25-11-7-22(8-12-25)18-39-29(37)20(2)3)15-16-28(24)42-32(35,36)26-13-9-23(10-14-26)19-40-30(38)21(4)5/h7-17H,2,4,6,18-19H2,1,3,5H3. The molecule has 0 aliphatic heterocycles. The molecule has 0 atom stereocenters. The maximum atomic E-state index is 15.0. The summed E-state index contributed by atoms with van der Waals surface area (Å²) in [6.45, 7) is 11.4. The third-order valence-corrected chi connectivity index (χ3v) is 5.91. The van der Waals surface area contributed by atoms with Gasteiger partial charge in [-0.3, -0.25) is 0 Å². The molecule has 3 aromatic carbocycles. The zero-order valence-corrected chi connectivity index (χ0v) is 23.3. The van der Waals surface area contributed by atoms with Gasteiger partial charge in [-0.1, -0.05) is 44.3 Å². The van der Waals surface area contributed by atoms with Crippen molar-refractivity contribution in [3.8, 4) is 11.5 Å². The van der Waals surface area contributed by atoms with E-state index < -0.39 is 35.3 Å². The lowest BCUT2D eigenvalue weighted by Crippen LogP contribution is -2.23. The number of hydrogen-bond donors (Lipinski definition) is 0. The molecule has 0 saturated heterocycles. The van der Waals surface area contributed by atoms with Gasteiger partial charge in [0.05, 0.1) is 11.1 Å². The number of rotatable bonds is 13. The second kappa shape index (κ2) is 13.4. The van der Waals surface area contributed by atoms with Crippen LogP contribution in [-0.2, 0) is 50.9 Å². The molecule has 42 heavy (non-hydrogen) atoms. The van der Waals surface area contributed by atoms with Crippen molar-refractivity contribution in [1.29, 1.82) is 0 Å². The van der Waals surface area contributed by atoms with Crippen LogP contribution in [0.4, 0.5) is 17.6 Å². The third-order valence-electron chi connectivity index (χ3n) is 5.91. The Balaban J connectivity index is 1.68. The van der Waals surface area contributed by atoms with Gasteiger partial charge < -0.3 is 18.9 Å². The van der Waals surface area contributed by atoms with Crippen LogP contribution in [0.2, 0.25) is 0 Å². The average molecular weight is 587 g/mol. The first-order valence-corrected chi connectivity index (χ1v) is 12.8. The second-order valence-electron chi connectivity index (χ2n) is 9.47. The van der Waals surface area contributed by atoms with E-state index in [4.69, 9.17) is 18.9 Å². The summed E-state index contributed by atoms with van der Waals surface area (Å²) < 4.78 is 79.7. The summed E-state index contributed by atoms with van der Waals surface area (Å²) >= 11 is 0. The van der Waals surface area contributed by atoms with Gasteiger partial charge in [-0.05, 0) is 79.4 Å². The second-order valence-corrected chi connectivity index (χ2v) is 9.47. The van der Waals surface area contributed by atoms with Gasteiger partial charge in [0.15, 0.2) is 0 Å². The summed E-state index contributed by atoms with van der Waals surface area (Å²) in [5.41, 5.74) is 0.716. The predicted molar refractivity (Wildman–Crippen MR) is 147 cm³/mol. The molecular formula is C32H30F4O6. The van der Waals surface area contributed by atoms with Crippen LogP contribution in [0.25, 0.3) is 0 Å². The Bertz CT molecular complexity index is 1450. The Kier molecular flexibility index (Phi) is 10.2. The molecule has 0 aliphatic carbocycles. The highest BCUT2D eigenvalue weighted by Crippen LogP contribution is 2.37. The molecule has 3 rings (SSSR count). The molecule has 6 nitrogen and oxygen atoms in total. The van der Waals surface area contributed by atoms with E-state index in [1.165, 1.54) is 44.2 Å². The molecule has 0 unspecified atom stereocenters. The number of esters is 2. The van der Waals surface area contributed by atoms with Crippen LogP contribution in [0, 0.1) is 0 Å². The molecule has 10 heteroatoms. The van der Waals surface area contributed by atoms with Crippen LogP contribution < -0.4 is 9.47 Å². The number of halogens is 4. The number of carbonyl (C=O) groups is 2. The predicted octanol–water partition coefficient (Wildman–Crippen LogP) is 7.74. The van der Waals surface area contributed by atoms with Gasteiger partial charge in [0, 0.05) is 11.1 Å². The summed E-state index contributed by atoms with van der Waals surface area (Å²) in [6.07, 6.45) is -7.30. The van der Waals surface area contributed by atoms with E-state index in [-0.39, 0.29) is 47.8 Å². The Morgan fingerprint density at radius 3 is 1.52 bits per heavy atom. The van der Waals surface area contributed by atoms with Gasteiger partial charge in [-0.2, -0.15) is 17.6 Å². The fourth-order valence-electron chi connectivity index (χ4n) is 3.53. The molecule has 0 radical (unpaired) electrons. The van der Waals surface area contributed by atoms with Crippen molar-refractivity contribution in [2.45, 2.75) is 52.6 Å². The van der Waals surface area contributed by atoms with Gasteiger partial charge in [0.25, 0.3) is 0 Å². The molecule has 0 amide bonds. The van der Waals surface area contributed by atoms with Crippen molar-refractivity contribution in [2.75, 3.05) is 0 Å². The molecule has 0 N–H and O–H groups in total. The SMILES string of the molecule is C=C(C)C(=O)OCc1ccc(C(F)(F)Oc2ccc(OC(F)(F)c3ccc(COC(=O)C(=C)C)cc3)c(CC)c2)cc1. The Hall–Kier alpha value is -4.60. The summed E-state index contributed by atoms with van der Waals surface area (Å²) in [7, 11) is 0. The highest BCUT2D eigenvalue weighted by Gasteiger charge is 2.37. The normalized spacial score (nSPS) is 11.4. The lowest BCUT2D eigenvalue weighted by atomic mass is 10.1.